The first kappa shape index (κ1) is 18.3. The van der Waals surface area contributed by atoms with Gasteiger partial charge in [-0.2, -0.15) is 0 Å². The van der Waals surface area contributed by atoms with E-state index in [-0.39, 0.29) is 24.0 Å². The van der Waals surface area contributed by atoms with Crippen molar-refractivity contribution in [3.05, 3.63) is 42.0 Å². The lowest BCUT2D eigenvalue weighted by atomic mass is 10.00. The lowest BCUT2D eigenvalue weighted by molar-refractivity contribution is 0.437. The molecule has 1 N–H and O–H groups in total. The first-order chi connectivity index (χ1) is 10.8. The molecule has 2 atom stereocenters. The molecule has 0 bridgehead atoms. The molecule has 1 aromatic rings. The van der Waals surface area contributed by atoms with Crippen molar-refractivity contribution >= 4 is 35.5 Å². The second-order valence-electron chi connectivity index (χ2n) is 6.37. The minimum atomic E-state index is 0. The van der Waals surface area contributed by atoms with E-state index in [0.717, 1.165) is 31.4 Å². The number of nitrogens with zero attached hydrogens (tertiary/aromatic N) is 2. The molecule has 0 aromatic heterocycles. The molecule has 0 saturated heterocycles. The highest BCUT2D eigenvalue weighted by atomic mass is 127. The predicted molar refractivity (Wildman–Crippen MR) is 109 cm³/mol. The zero-order chi connectivity index (χ0) is 15.4. The van der Waals surface area contributed by atoms with Gasteiger partial charge >= 0.3 is 0 Å². The predicted octanol–water partition coefficient (Wildman–Crippen LogP) is 4.16. The monoisotopic (exact) mass is 425 g/mol. The molecular formula is C19H28IN3. The fourth-order valence-corrected chi connectivity index (χ4v) is 3.35. The zero-order valence-electron chi connectivity index (χ0n) is 14.2. The number of aliphatic imine (C=N–C) groups is 1. The molecule has 3 nitrogen and oxygen atoms in total. The molecule has 23 heavy (non-hydrogen) atoms. The molecule has 1 aliphatic carbocycles. The molecular weight excluding hydrogens is 397 g/mol. The number of benzene rings is 1. The summed E-state index contributed by atoms with van der Waals surface area (Å²) in [5.41, 5.74) is 2.82. The van der Waals surface area contributed by atoms with Gasteiger partial charge in [0.15, 0.2) is 5.96 Å². The fraction of sp³-hybridized carbons (Fsp3) is 0.526. The number of guanidine groups is 1. The Hall–Kier alpha value is -1.04. The van der Waals surface area contributed by atoms with Crippen LogP contribution < -0.4 is 5.32 Å². The van der Waals surface area contributed by atoms with E-state index in [1.807, 2.05) is 7.05 Å². The van der Waals surface area contributed by atoms with Crippen molar-refractivity contribution in [2.24, 2.45) is 10.9 Å². The molecule has 1 saturated carbocycles. The summed E-state index contributed by atoms with van der Waals surface area (Å²) in [6.07, 6.45) is 7.38. The zero-order valence-corrected chi connectivity index (χ0v) is 16.5. The normalized spacial score (nSPS) is 23.8. The van der Waals surface area contributed by atoms with Gasteiger partial charge in [0, 0.05) is 26.2 Å². The van der Waals surface area contributed by atoms with E-state index in [1.165, 1.54) is 30.4 Å². The van der Waals surface area contributed by atoms with Crippen LogP contribution in [0.4, 0.5) is 0 Å². The molecule has 1 heterocycles. The van der Waals surface area contributed by atoms with Crippen molar-refractivity contribution < 1.29 is 0 Å². The highest BCUT2D eigenvalue weighted by Gasteiger charge is 2.37. The Morgan fingerprint density at radius 3 is 2.70 bits per heavy atom. The molecule has 2 aliphatic rings. The first-order valence-corrected chi connectivity index (χ1v) is 8.54. The van der Waals surface area contributed by atoms with Crippen LogP contribution >= 0.6 is 24.0 Å². The summed E-state index contributed by atoms with van der Waals surface area (Å²) >= 11 is 0. The molecule has 2 unspecified atom stereocenters. The molecule has 0 spiro atoms. The molecule has 1 aromatic carbocycles. The number of halogens is 1. The van der Waals surface area contributed by atoms with E-state index in [9.17, 15) is 0 Å². The molecule has 1 fully saturated rings. The maximum atomic E-state index is 4.49. The van der Waals surface area contributed by atoms with E-state index in [0.29, 0.717) is 6.04 Å². The molecule has 0 radical (unpaired) electrons. The average molecular weight is 425 g/mol. The minimum Gasteiger partial charge on any atom is -0.353 e. The maximum Gasteiger partial charge on any atom is 0.194 e. The van der Waals surface area contributed by atoms with Crippen LogP contribution in [0.1, 0.15) is 38.2 Å². The summed E-state index contributed by atoms with van der Waals surface area (Å²) in [5.74, 6) is 1.94. The van der Waals surface area contributed by atoms with Crippen molar-refractivity contribution in [2.45, 2.75) is 38.6 Å². The SMILES string of the molecule is CCCC1CC1NC(=NC)N1CC=C(c2ccccc2)CC1.I. The topological polar surface area (TPSA) is 27.6 Å². The van der Waals surface area contributed by atoms with Gasteiger partial charge in [0.25, 0.3) is 0 Å². The Bertz CT molecular complexity index is 553. The molecule has 1 aliphatic heterocycles. The van der Waals surface area contributed by atoms with Gasteiger partial charge in [-0.1, -0.05) is 49.8 Å². The highest BCUT2D eigenvalue weighted by Crippen LogP contribution is 2.34. The molecule has 126 valence electrons. The van der Waals surface area contributed by atoms with E-state index in [2.05, 4.69) is 58.5 Å². The van der Waals surface area contributed by atoms with E-state index < -0.39 is 0 Å². The lowest BCUT2D eigenvalue weighted by Gasteiger charge is -2.30. The lowest BCUT2D eigenvalue weighted by Crippen LogP contribution is -2.44. The summed E-state index contributed by atoms with van der Waals surface area (Å²) in [5, 5.41) is 3.65. The third kappa shape index (κ3) is 4.72. The van der Waals surface area contributed by atoms with Crippen molar-refractivity contribution in [1.82, 2.24) is 10.2 Å². The summed E-state index contributed by atoms with van der Waals surface area (Å²) < 4.78 is 0. The van der Waals surface area contributed by atoms with Crippen molar-refractivity contribution in [3.63, 3.8) is 0 Å². The standard InChI is InChI=1S/C19H27N3.HI/c1-3-7-17-14-18(17)21-19(20-2)22-12-10-16(11-13-22)15-8-5-4-6-9-15;/h4-6,8-10,17-18H,3,7,11-14H2,1-2H3,(H,20,21);1H. The maximum absolute atomic E-state index is 4.49. The molecule has 4 heteroatoms. The first-order valence-electron chi connectivity index (χ1n) is 8.54. The minimum absolute atomic E-state index is 0. The summed E-state index contributed by atoms with van der Waals surface area (Å²) in [4.78, 5) is 6.86. The van der Waals surface area contributed by atoms with Crippen LogP contribution in [0.5, 0.6) is 0 Å². The summed E-state index contributed by atoms with van der Waals surface area (Å²) in [6.45, 7) is 4.27. The van der Waals surface area contributed by atoms with Gasteiger partial charge in [0.1, 0.15) is 0 Å². The van der Waals surface area contributed by atoms with Gasteiger partial charge in [-0.25, -0.2) is 0 Å². The average Bonchev–Trinajstić information content (AvgIpc) is 3.32. The van der Waals surface area contributed by atoms with Gasteiger partial charge in [0.2, 0.25) is 0 Å². The number of hydrogen-bond donors (Lipinski definition) is 1. The Labute approximate surface area is 157 Å². The van der Waals surface area contributed by atoms with Gasteiger partial charge < -0.3 is 10.2 Å². The number of rotatable bonds is 4. The fourth-order valence-electron chi connectivity index (χ4n) is 3.35. The second-order valence-corrected chi connectivity index (χ2v) is 6.37. The van der Waals surface area contributed by atoms with Crippen LogP contribution in [0.3, 0.4) is 0 Å². The number of hydrogen-bond acceptors (Lipinski definition) is 1. The molecule has 3 rings (SSSR count). The van der Waals surface area contributed by atoms with Crippen LogP contribution in [0.2, 0.25) is 0 Å². The third-order valence-electron chi connectivity index (χ3n) is 4.76. The Morgan fingerprint density at radius 1 is 1.30 bits per heavy atom. The number of nitrogens with one attached hydrogen (secondary N) is 1. The van der Waals surface area contributed by atoms with Crippen LogP contribution in [0.15, 0.2) is 41.4 Å². The van der Waals surface area contributed by atoms with Gasteiger partial charge in [-0.3, -0.25) is 4.99 Å². The van der Waals surface area contributed by atoms with Gasteiger partial charge in [-0.05, 0) is 36.3 Å². The summed E-state index contributed by atoms with van der Waals surface area (Å²) in [6, 6.07) is 11.4. The van der Waals surface area contributed by atoms with Gasteiger partial charge in [-0.15, -0.1) is 24.0 Å². The van der Waals surface area contributed by atoms with E-state index in [1.54, 1.807) is 0 Å². The second kappa shape index (κ2) is 8.71. The van der Waals surface area contributed by atoms with Crippen molar-refractivity contribution in [1.29, 1.82) is 0 Å². The Kier molecular flexibility index (Phi) is 6.93. The van der Waals surface area contributed by atoms with Crippen LogP contribution in [-0.4, -0.2) is 37.0 Å². The Balaban J connectivity index is 0.00000192. The highest BCUT2D eigenvalue weighted by molar-refractivity contribution is 14.0. The Morgan fingerprint density at radius 2 is 2.09 bits per heavy atom. The quantitative estimate of drug-likeness (QED) is 0.446. The largest absolute Gasteiger partial charge is 0.353 e. The third-order valence-corrected chi connectivity index (χ3v) is 4.76. The van der Waals surface area contributed by atoms with E-state index in [4.69, 9.17) is 0 Å². The van der Waals surface area contributed by atoms with Crippen molar-refractivity contribution in [2.75, 3.05) is 20.1 Å². The summed E-state index contributed by atoms with van der Waals surface area (Å²) in [7, 11) is 1.90. The molecule has 0 amide bonds. The van der Waals surface area contributed by atoms with Crippen LogP contribution in [0, 0.1) is 5.92 Å². The smallest absolute Gasteiger partial charge is 0.194 e. The van der Waals surface area contributed by atoms with Crippen LogP contribution in [0.25, 0.3) is 5.57 Å². The van der Waals surface area contributed by atoms with Crippen LogP contribution in [-0.2, 0) is 0 Å². The van der Waals surface area contributed by atoms with E-state index >= 15 is 0 Å². The van der Waals surface area contributed by atoms with Gasteiger partial charge in [0.05, 0.1) is 0 Å². The van der Waals surface area contributed by atoms with Crippen molar-refractivity contribution in [3.8, 4) is 0 Å².